The molecule has 1 amide bonds. The van der Waals surface area contributed by atoms with Crippen LogP contribution in [0.4, 0.5) is 5.69 Å². The lowest BCUT2D eigenvalue weighted by Crippen LogP contribution is -2.31. The molecule has 1 atom stereocenters. The highest BCUT2D eigenvalue weighted by Crippen LogP contribution is 2.30. The Morgan fingerprint density at radius 1 is 1.19 bits per heavy atom. The number of benzene rings is 2. The summed E-state index contributed by atoms with van der Waals surface area (Å²) < 4.78 is 11.9. The molecule has 0 saturated carbocycles. The lowest BCUT2D eigenvalue weighted by molar-refractivity contribution is -0.118. The van der Waals surface area contributed by atoms with Crippen molar-refractivity contribution in [1.29, 1.82) is 0 Å². The number of esters is 1. The molecule has 0 saturated heterocycles. The Balaban J connectivity index is 1.54. The first kappa shape index (κ1) is 25.4. The average Bonchev–Trinajstić information content (AvgIpc) is 3.21. The first-order valence-electron chi connectivity index (χ1n) is 11.2. The van der Waals surface area contributed by atoms with Crippen LogP contribution in [0.15, 0.2) is 59.7 Å². The molecule has 186 valence electrons. The van der Waals surface area contributed by atoms with Gasteiger partial charge in [-0.15, -0.1) is 11.3 Å². The zero-order valence-electron chi connectivity index (χ0n) is 19.9. The van der Waals surface area contributed by atoms with E-state index in [0.29, 0.717) is 38.2 Å². The van der Waals surface area contributed by atoms with E-state index in [1.54, 1.807) is 32.0 Å². The van der Waals surface area contributed by atoms with Gasteiger partial charge >= 0.3 is 5.97 Å². The van der Waals surface area contributed by atoms with E-state index in [2.05, 4.69) is 10.3 Å². The van der Waals surface area contributed by atoms with E-state index in [1.807, 2.05) is 30.3 Å². The van der Waals surface area contributed by atoms with Gasteiger partial charge in [-0.05, 0) is 43.2 Å². The number of nitrogens with zero attached hydrogens (tertiary/aromatic N) is 2. The number of fused-ring (bicyclic) bond motifs is 1. The van der Waals surface area contributed by atoms with Gasteiger partial charge in [0.15, 0.2) is 0 Å². The molecule has 0 fully saturated rings. The molecule has 4 rings (SSSR count). The molecule has 0 aliphatic heterocycles. The summed E-state index contributed by atoms with van der Waals surface area (Å²) in [6.45, 7) is 3.49. The van der Waals surface area contributed by atoms with Crippen LogP contribution >= 0.6 is 22.9 Å². The van der Waals surface area contributed by atoms with Crippen LogP contribution in [0.5, 0.6) is 5.75 Å². The van der Waals surface area contributed by atoms with Crippen molar-refractivity contribution >= 4 is 50.7 Å². The van der Waals surface area contributed by atoms with E-state index in [0.717, 1.165) is 16.9 Å². The Morgan fingerprint density at radius 3 is 2.67 bits per heavy atom. The van der Waals surface area contributed by atoms with Gasteiger partial charge in [0.2, 0.25) is 5.91 Å². The van der Waals surface area contributed by atoms with Crippen LogP contribution in [0.1, 0.15) is 33.8 Å². The molecule has 2 heterocycles. The predicted molar refractivity (Wildman–Crippen MR) is 140 cm³/mol. The maximum atomic E-state index is 13.3. The summed E-state index contributed by atoms with van der Waals surface area (Å²) in [6, 6.07) is 13.7. The maximum Gasteiger partial charge on any atom is 0.348 e. The SMILES string of the molecule is COc1ccc(Cl)cc1NC(=O)C(C)n1cnc2sc(C(=O)OCCc3ccccc3)c(C)c2c1=O. The zero-order valence-corrected chi connectivity index (χ0v) is 21.5. The summed E-state index contributed by atoms with van der Waals surface area (Å²) in [5, 5.41) is 3.46. The van der Waals surface area contributed by atoms with Gasteiger partial charge in [0, 0.05) is 11.4 Å². The van der Waals surface area contributed by atoms with E-state index in [1.165, 1.54) is 18.0 Å². The Hall–Kier alpha value is -3.69. The number of hydrogen-bond acceptors (Lipinski definition) is 7. The minimum Gasteiger partial charge on any atom is -0.495 e. The van der Waals surface area contributed by atoms with Crippen molar-refractivity contribution in [3.8, 4) is 5.75 Å². The lowest BCUT2D eigenvalue weighted by Gasteiger charge is -2.16. The third-order valence-corrected chi connectivity index (χ3v) is 7.16. The van der Waals surface area contributed by atoms with Crippen molar-refractivity contribution in [3.05, 3.63) is 86.2 Å². The number of rotatable bonds is 8. The molecule has 4 aromatic rings. The summed E-state index contributed by atoms with van der Waals surface area (Å²) in [5.74, 6) is -0.520. The molecule has 0 aliphatic rings. The van der Waals surface area contributed by atoms with Crippen LogP contribution in [-0.2, 0) is 16.0 Å². The number of methoxy groups -OCH3 is 1. The van der Waals surface area contributed by atoms with Gasteiger partial charge in [0.05, 0.1) is 31.1 Å². The van der Waals surface area contributed by atoms with E-state index in [-0.39, 0.29) is 12.0 Å². The first-order valence-corrected chi connectivity index (χ1v) is 12.3. The van der Waals surface area contributed by atoms with Crippen molar-refractivity contribution in [2.24, 2.45) is 0 Å². The van der Waals surface area contributed by atoms with Crippen molar-refractivity contribution in [2.75, 3.05) is 19.0 Å². The number of hydrogen-bond donors (Lipinski definition) is 1. The van der Waals surface area contributed by atoms with Crippen molar-refractivity contribution < 1.29 is 19.1 Å². The molecule has 1 N–H and O–H groups in total. The fraction of sp³-hybridized carbons (Fsp3) is 0.231. The first-order chi connectivity index (χ1) is 17.3. The lowest BCUT2D eigenvalue weighted by atomic mass is 10.2. The summed E-state index contributed by atoms with van der Waals surface area (Å²) >= 11 is 7.14. The molecular weight excluding hydrogens is 502 g/mol. The number of nitrogens with one attached hydrogen (secondary N) is 1. The van der Waals surface area contributed by atoms with Crippen LogP contribution in [0, 0.1) is 6.92 Å². The number of aryl methyl sites for hydroxylation is 1. The minimum atomic E-state index is -0.890. The number of carbonyl (C=O) groups is 2. The predicted octanol–water partition coefficient (Wildman–Crippen LogP) is 5.03. The van der Waals surface area contributed by atoms with Gasteiger partial charge in [0.1, 0.15) is 21.5 Å². The largest absolute Gasteiger partial charge is 0.495 e. The molecule has 2 aromatic carbocycles. The van der Waals surface area contributed by atoms with Gasteiger partial charge in [-0.1, -0.05) is 41.9 Å². The highest BCUT2D eigenvalue weighted by Gasteiger charge is 2.24. The van der Waals surface area contributed by atoms with Crippen molar-refractivity contribution in [2.45, 2.75) is 26.3 Å². The number of thiophene rings is 1. The molecule has 10 heteroatoms. The molecule has 36 heavy (non-hydrogen) atoms. The standard InChI is InChI=1S/C26H24ClN3O5S/c1-15-21-24(36-22(15)26(33)35-12-11-17-7-5-4-6-8-17)28-14-30(25(21)32)16(2)23(31)29-19-13-18(27)9-10-20(19)34-3/h4-10,13-14,16H,11-12H2,1-3H3,(H,29,31). The molecule has 2 aromatic heterocycles. The molecule has 1 unspecified atom stereocenters. The molecular formula is C26H24ClN3O5S. The highest BCUT2D eigenvalue weighted by molar-refractivity contribution is 7.20. The second kappa shape index (κ2) is 10.9. The maximum absolute atomic E-state index is 13.3. The van der Waals surface area contributed by atoms with Gasteiger partial charge in [-0.25, -0.2) is 9.78 Å². The third-order valence-electron chi connectivity index (χ3n) is 5.74. The Morgan fingerprint density at radius 2 is 1.94 bits per heavy atom. The Labute approximate surface area is 216 Å². The van der Waals surface area contributed by atoms with Crippen LogP contribution in [-0.4, -0.2) is 35.1 Å². The quantitative estimate of drug-likeness (QED) is 0.324. The molecule has 8 nitrogen and oxygen atoms in total. The van der Waals surface area contributed by atoms with E-state index >= 15 is 0 Å². The number of ether oxygens (including phenoxy) is 2. The molecule has 0 aliphatic carbocycles. The average molecular weight is 526 g/mol. The monoisotopic (exact) mass is 525 g/mol. The topological polar surface area (TPSA) is 99.5 Å². The second-order valence-electron chi connectivity index (χ2n) is 8.07. The van der Waals surface area contributed by atoms with Gasteiger partial charge in [-0.2, -0.15) is 0 Å². The van der Waals surface area contributed by atoms with Crippen LogP contribution in [0.25, 0.3) is 10.2 Å². The van der Waals surface area contributed by atoms with E-state index < -0.39 is 23.5 Å². The highest BCUT2D eigenvalue weighted by atomic mass is 35.5. The summed E-state index contributed by atoms with van der Waals surface area (Å²) in [6.07, 6.45) is 1.90. The molecule has 0 bridgehead atoms. The van der Waals surface area contributed by atoms with Crippen molar-refractivity contribution in [1.82, 2.24) is 9.55 Å². The smallest absolute Gasteiger partial charge is 0.348 e. The Kier molecular flexibility index (Phi) is 7.71. The molecule has 0 spiro atoms. The fourth-order valence-electron chi connectivity index (χ4n) is 3.72. The fourth-order valence-corrected chi connectivity index (χ4v) is 4.93. The zero-order chi connectivity index (χ0) is 25.8. The number of amides is 1. The third kappa shape index (κ3) is 5.27. The normalized spacial score (nSPS) is 11.8. The number of carbonyl (C=O) groups excluding carboxylic acids is 2. The van der Waals surface area contributed by atoms with Crippen LogP contribution in [0.3, 0.4) is 0 Å². The summed E-state index contributed by atoms with van der Waals surface area (Å²) in [5.41, 5.74) is 1.51. The number of aromatic nitrogens is 2. The van der Waals surface area contributed by atoms with Crippen LogP contribution < -0.4 is 15.6 Å². The van der Waals surface area contributed by atoms with Gasteiger partial charge < -0.3 is 14.8 Å². The summed E-state index contributed by atoms with van der Waals surface area (Å²) in [7, 11) is 1.48. The van der Waals surface area contributed by atoms with Crippen molar-refractivity contribution in [3.63, 3.8) is 0 Å². The number of halogens is 1. The Bertz CT molecular complexity index is 1480. The van der Waals surface area contributed by atoms with Crippen LogP contribution in [0.2, 0.25) is 5.02 Å². The molecule has 0 radical (unpaired) electrons. The minimum absolute atomic E-state index is 0.221. The van der Waals surface area contributed by atoms with E-state index in [9.17, 15) is 14.4 Å². The second-order valence-corrected chi connectivity index (χ2v) is 9.51. The summed E-state index contributed by atoms with van der Waals surface area (Å²) in [4.78, 5) is 44.0. The van der Waals surface area contributed by atoms with Gasteiger partial charge in [-0.3, -0.25) is 14.2 Å². The van der Waals surface area contributed by atoms with Gasteiger partial charge in [0.25, 0.3) is 5.56 Å². The number of anilines is 1. The van der Waals surface area contributed by atoms with E-state index in [4.69, 9.17) is 21.1 Å².